The normalized spacial score (nSPS) is 12.7. The lowest BCUT2D eigenvalue weighted by molar-refractivity contribution is 0.251. The summed E-state index contributed by atoms with van der Waals surface area (Å²) in [6.45, 7) is 1.98. The van der Waals surface area contributed by atoms with E-state index in [4.69, 9.17) is 20.7 Å². The van der Waals surface area contributed by atoms with Crippen LogP contribution >= 0.6 is 10.7 Å². The number of rotatable bonds is 7. The van der Waals surface area contributed by atoms with E-state index in [-0.39, 0.29) is 29.6 Å². The predicted octanol–water partition coefficient (Wildman–Crippen LogP) is 3.06. The largest absolute Gasteiger partial charge is 0.492 e. The quantitative estimate of drug-likeness (QED) is 0.724. The fourth-order valence-electron chi connectivity index (χ4n) is 1.85. The van der Waals surface area contributed by atoms with E-state index in [0.717, 1.165) is 12.5 Å². The van der Waals surface area contributed by atoms with Gasteiger partial charge in [-0.3, -0.25) is 0 Å². The van der Waals surface area contributed by atoms with E-state index in [9.17, 15) is 12.8 Å². The van der Waals surface area contributed by atoms with Gasteiger partial charge in [-0.25, -0.2) is 12.8 Å². The second kappa shape index (κ2) is 7.46. The van der Waals surface area contributed by atoms with Gasteiger partial charge in [0, 0.05) is 16.6 Å². The van der Waals surface area contributed by atoms with Crippen LogP contribution in [0.2, 0.25) is 0 Å². The molecule has 0 spiro atoms. The molecule has 0 aliphatic rings. The third kappa shape index (κ3) is 5.35. The first-order valence-electron chi connectivity index (χ1n) is 6.11. The minimum atomic E-state index is -3.62. The molecule has 0 aliphatic carbocycles. The maximum atomic E-state index is 13.4. The van der Waals surface area contributed by atoms with Gasteiger partial charge in [0.1, 0.15) is 23.2 Å². The van der Waals surface area contributed by atoms with Crippen LogP contribution in [0.1, 0.15) is 25.3 Å². The van der Waals surface area contributed by atoms with Crippen molar-refractivity contribution in [2.45, 2.75) is 19.8 Å². The summed E-state index contributed by atoms with van der Waals surface area (Å²) in [4.78, 5) is 0. The lowest BCUT2D eigenvalue weighted by atomic mass is 10.1. The first kappa shape index (κ1) is 16.7. The highest BCUT2D eigenvalue weighted by atomic mass is 35.7. The molecule has 7 heteroatoms. The summed E-state index contributed by atoms with van der Waals surface area (Å²) in [6.07, 6.45) is 1.39. The molecule has 1 unspecified atom stereocenters. The van der Waals surface area contributed by atoms with E-state index < -0.39 is 14.9 Å². The zero-order valence-corrected chi connectivity index (χ0v) is 12.5. The molecule has 0 bridgehead atoms. The Kier molecular flexibility index (Phi) is 6.24. The Bertz CT molecular complexity index is 598. The average Bonchev–Trinajstić information content (AvgIpc) is 2.34. The molecule has 110 valence electrons. The monoisotopic (exact) mass is 319 g/mol. The number of hydrogen-bond acceptors (Lipinski definition) is 4. The molecule has 0 fully saturated rings. The number of nitriles is 1. The van der Waals surface area contributed by atoms with Crippen molar-refractivity contribution in [1.82, 2.24) is 0 Å². The molecule has 20 heavy (non-hydrogen) atoms. The van der Waals surface area contributed by atoms with Gasteiger partial charge >= 0.3 is 0 Å². The first-order valence-corrected chi connectivity index (χ1v) is 8.59. The molecule has 0 saturated carbocycles. The topological polar surface area (TPSA) is 67.2 Å². The van der Waals surface area contributed by atoms with Gasteiger partial charge in [0.05, 0.1) is 12.4 Å². The van der Waals surface area contributed by atoms with Crippen LogP contribution in [0.25, 0.3) is 0 Å². The Morgan fingerprint density at radius 3 is 2.75 bits per heavy atom. The van der Waals surface area contributed by atoms with Gasteiger partial charge in [-0.15, -0.1) is 0 Å². The highest BCUT2D eigenvalue weighted by molar-refractivity contribution is 8.13. The third-order valence-corrected chi connectivity index (χ3v) is 3.94. The Labute approximate surface area is 122 Å². The standard InChI is InChI=1S/C13H15ClFNO3S/c1-2-4-10(9-20(14,17)18)8-19-13-6-3-5-12(15)11(13)7-16/h3,5-6,10H,2,4,8-9H2,1H3. The van der Waals surface area contributed by atoms with Crippen LogP contribution in [0.15, 0.2) is 18.2 Å². The van der Waals surface area contributed by atoms with E-state index in [1.54, 1.807) is 6.07 Å². The van der Waals surface area contributed by atoms with Gasteiger partial charge in [-0.2, -0.15) is 5.26 Å². The summed E-state index contributed by atoms with van der Waals surface area (Å²) >= 11 is 0. The molecule has 1 aromatic carbocycles. The Morgan fingerprint density at radius 1 is 1.50 bits per heavy atom. The van der Waals surface area contributed by atoms with Crippen molar-refractivity contribution < 1.29 is 17.5 Å². The predicted molar refractivity (Wildman–Crippen MR) is 74.6 cm³/mol. The summed E-state index contributed by atoms with van der Waals surface area (Å²) < 4.78 is 41.0. The maximum Gasteiger partial charge on any atom is 0.232 e. The minimum absolute atomic E-state index is 0.0674. The zero-order valence-electron chi connectivity index (χ0n) is 11.0. The van der Waals surface area contributed by atoms with Crippen LogP contribution in [-0.4, -0.2) is 20.8 Å². The van der Waals surface area contributed by atoms with Crippen LogP contribution in [0.5, 0.6) is 5.75 Å². The van der Waals surface area contributed by atoms with E-state index in [0.29, 0.717) is 6.42 Å². The summed E-state index contributed by atoms with van der Waals surface area (Å²) in [5.74, 6) is -1.06. The van der Waals surface area contributed by atoms with E-state index in [2.05, 4.69) is 0 Å². The average molecular weight is 320 g/mol. The van der Waals surface area contributed by atoms with Crippen LogP contribution in [0.4, 0.5) is 4.39 Å². The molecule has 0 heterocycles. The van der Waals surface area contributed by atoms with Crippen molar-refractivity contribution in [2.24, 2.45) is 5.92 Å². The minimum Gasteiger partial charge on any atom is -0.492 e. The van der Waals surface area contributed by atoms with Crippen molar-refractivity contribution in [2.75, 3.05) is 12.4 Å². The summed E-state index contributed by atoms with van der Waals surface area (Å²) in [5.41, 5.74) is -0.184. The summed E-state index contributed by atoms with van der Waals surface area (Å²) in [6, 6.07) is 5.79. The number of nitrogens with zero attached hydrogens (tertiary/aromatic N) is 1. The molecule has 1 aromatic rings. The fraction of sp³-hybridized carbons (Fsp3) is 0.462. The molecular weight excluding hydrogens is 305 g/mol. The molecule has 0 saturated heterocycles. The van der Waals surface area contributed by atoms with Crippen LogP contribution < -0.4 is 4.74 Å². The second-order valence-electron chi connectivity index (χ2n) is 4.40. The molecule has 4 nitrogen and oxygen atoms in total. The van der Waals surface area contributed by atoms with E-state index >= 15 is 0 Å². The highest BCUT2D eigenvalue weighted by Gasteiger charge is 2.18. The molecule has 0 aromatic heterocycles. The van der Waals surface area contributed by atoms with Crippen molar-refractivity contribution >= 4 is 19.7 Å². The third-order valence-electron chi connectivity index (χ3n) is 2.69. The van der Waals surface area contributed by atoms with Crippen molar-refractivity contribution in [1.29, 1.82) is 5.26 Å². The zero-order chi connectivity index (χ0) is 15.2. The smallest absolute Gasteiger partial charge is 0.232 e. The number of halogens is 2. The summed E-state index contributed by atoms with van der Waals surface area (Å²) in [7, 11) is 1.61. The number of hydrogen-bond donors (Lipinski definition) is 0. The van der Waals surface area contributed by atoms with Crippen LogP contribution in [-0.2, 0) is 9.05 Å². The molecule has 0 amide bonds. The van der Waals surface area contributed by atoms with E-state index in [1.807, 2.05) is 6.92 Å². The first-order chi connectivity index (χ1) is 9.37. The van der Waals surface area contributed by atoms with Gasteiger partial charge in [-0.1, -0.05) is 19.4 Å². The maximum absolute atomic E-state index is 13.4. The number of benzene rings is 1. The van der Waals surface area contributed by atoms with Crippen molar-refractivity contribution in [3.05, 3.63) is 29.6 Å². The lowest BCUT2D eigenvalue weighted by Crippen LogP contribution is -2.20. The molecule has 0 N–H and O–H groups in total. The van der Waals surface area contributed by atoms with Gasteiger partial charge in [-0.05, 0) is 18.6 Å². The van der Waals surface area contributed by atoms with Crippen LogP contribution in [0.3, 0.4) is 0 Å². The van der Waals surface area contributed by atoms with Gasteiger partial charge in [0.25, 0.3) is 0 Å². The highest BCUT2D eigenvalue weighted by Crippen LogP contribution is 2.22. The SMILES string of the molecule is CCCC(COc1cccc(F)c1C#N)CS(=O)(=O)Cl. The van der Waals surface area contributed by atoms with Crippen LogP contribution in [0, 0.1) is 23.1 Å². The van der Waals surface area contributed by atoms with Crippen molar-refractivity contribution in [3.8, 4) is 11.8 Å². The van der Waals surface area contributed by atoms with Gasteiger partial charge < -0.3 is 4.74 Å². The Morgan fingerprint density at radius 2 is 2.20 bits per heavy atom. The van der Waals surface area contributed by atoms with E-state index in [1.165, 1.54) is 12.1 Å². The molecule has 1 atom stereocenters. The summed E-state index contributed by atoms with van der Waals surface area (Å²) in [5, 5.41) is 8.87. The number of ether oxygens (including phenoxy) is 1. The van der Waals surface area contributed by atoms with Gasteiger partial charge in [0.2, 0.25) is 9.05 Å². The van der Waals surface area contributed by atoms with Gasteiger partial charge in [0.15, 0.2) is 0 Å². The Balaban J connectivity index is 2.78. The second-order valence-corrected chi connectivity index (χ2v) is 7.22. The molecule has 1 rings (SSSR count). The molecule has 0 radical (unpaired) electrons. The van der Waals surface area contributed by atoms with Crippen molar-refractivity contribution in [3.63, 3.8) is 0 Å². The molecule has 0 aliphatic heterocycles. The lowest BCUT2D eigenvalue weighted by Gasteiger charge is -2.16. The Hall–Kier alpha value is -1.32. The fourth-order valence-corrected chi connectivity index (χ4v) is 3.21. The molecular formula is C13H15ClFNO3S.